The summed E-state index contributed by atoms with van der Waals surface area (Å²) < 4.78 is 28.6. The second-order valence-corrected chi connectivity index (χ2v) is 8.54. The van der Waals surface area contributed by atoms with Crippen LogP contribution in [-0.2, 0) is 14.6 Å². The number of halogens is 1. The number of ether oxygens (including phenoxy) is 1. The monoisotopic (exact) mass is 340 g/mol. The first-order chi connectivity index (χ1) is 8.44. The van der Waals surface area contributed by atoms with Gasteiger partial charge in [0.05, 0.1) is 11.5 Å². The molecule has 1 aliphatic rings. The Kier molecular flexibility index (Phi) is 7.17. The summed E-state index contributed by atoms with van der Waals surface area (Å²) in [5, 5.41) is 0.876. The summed E-state index contributed by atoms with van der Waals surface area (Å²) in [6.07, 6.45) is 2.88. The van der Waals surface area contributed by atoms with Gasteiger partial charge in [0.25, 0.3) is 0 Å². The topological polar surface area (TPSA) is 43.4 Å². The molecule has 0 amide bonds. The molecular formula is C13H25BrO3S. The highest BCUT2D eigenvalue weighted by molar-refractivity contribution is 9.09. The third kappa shape index (κ3) is 6.02. The van der Waals surface area contributed by atoms with Gasteiger partial charge in [-0.3, -0.25) is 0 Å². The van der Waals surface area contributed by atoms with Crippen molar-refractivity contribution >= 4 is 25.8 Å². The minimum Gasteiger partial charge on any atom is -0.381 e. The first kappa shape index (κ1) is 16.4. The Morgan fingerprint density at radius 3 is 2.44 bits per heavy atom. The summed E-state index contributed by atoms with van der Waals surface area (Å²) in [5.74, 6) is 2.17. The van der Waals surface area contributed by atoms with E-state index in [-0.39, 0.29) is 0 Å². The molecule has 2 atom stereocenters. The minimum absolute atomic E-state index is 0.322. The molecule has 1 fully saturated rings. The van der Waals surface area contributed by atoms with Gasteiger partial charge in [0.2, 0.25) is 0 Å². The Morgan fingerprint density at radius 1 is 1.28 bits per heavy atom. The Labute approximate surface area is 120 Å². The van der Waals surface area contributed by atoms with Crippen LogP contribution in [-0.4, -0.2) is 38.5 Å². The lowest BCUT2D eigenvalue weighted by Crippen LogP contribution is -2.20. The maximum atomic E-state index is 11.5. The number of rotatable bonds is 8. The highest BCUT2D eigenvalue weighted by Crippen LogP contribution is 2.29. The molecule has 5 heteroatoms. The van der Waals surface area contributed by atoms with Crippen molar-refractivity contribution in [2.75, 3.05) is 30.0 Å². The van der Waals surface area contributed by atoms with Crippen LogP contribution in [0.3, 0.4) is 0 Å². The zero-order valence-electron chi connectivity index (χ0n) is 11.4. The van der Waals surface area contributed by atoms with E-state index in [1.54, 1.807) is 0 Å². The number of hydrogen-bond donors (Lipinski definition) is 0. The number of sulfone groups is 1. The quantitative estimate of drug-likeness (QED) is 0.504. The molecule has 0 spiro atoms. The standard InChI is InChI=1S/C13H25BrO3S/c1-11(2)3-6-17-7-4-12(9-14)13-5-8-18(15,16)10-13/h11-13H,3-10H2,1-2H3. The zero-order valence-corrected chi connectivity index (χ0v) is 13.8. The largest absolute Gasteiger partial charge is 0.381 e. The number of hydrogen-bond acceptors (Lipinski definition) is 3. The van der Waals surface area contributed by atoms with Crippen LogP contribution < -0.4 is 0 Å². The minimum atomic E-state index is -2.76. The average molecular weight is 341 g/mol. The molecule has 0 saturated carbocycles. The Balaban J connectivity index is 2.22. The average Bonchev–Trinajstić information content (AvgIpc) is 2.63. The molecule has 1 saturated heterocycles. The third-order valence-electron chi connectivity index (χ3n) is 3.61. The van der Waals surface area contributed by atoms with Crippen molar-refractivity contribution in [3.8, 4) is 0 Å². The lowest BCUT2D eigenvalue weighted by atomic mass is 9.91. The van der Waals surface area contributed by atoms with Gasteiger partial charge >= 0.3 is 0 Å². The van der Waals surface area contributed by atoms with E-state index in [1.807, 2.05) is 0 Å². The molecule has 3 nitrogen and oxygen atoms in total. The van der Waals surface area contributed by atoms with Crippen LogP contribution in [0.2, 0.25) is 0 Å². The van der Waals surface area contributed by atoms with Crippen molar-refractivity contribution in [1.29, 1.82) is 0 Å². The maximum Gasteiger partial charge on any atom is 0.150 e. The van der Waals surface area contributed by atoms with Crippen LogP contribution in [0.25, 0.3) is 0 Å². The van der Waals surface area contributed by atoms with E-state index in [9.17, 15) is 8.42 Å². The fraction of sp³-hybridized carbons (Fsp3) is 1.00. The normalized spacial score (nSPS) is 24.6. The van der Waals surface area contributed by atoms with Gasteiger partial charge in [-0.05, 0) is 37.0 Å². The van der Waals surface area contributed by atoms with Gasteiger partial charge in [-0.1, -0.05) is 29.8 Å². The zero-order chi connectivity index (χ0) is 13.6. The second-order valence-electron chi connectivity index (χ2n) is 5.66. The smallest absolute Gasteiger partial charge is 0.150 e. The Bertz CT molecular complexity index is 327. The Hall–Kier alpha value is 0.390. The molecule has 1 rings (SSSR count). The van der Waals surface area contributed by atoms with Gasteiger partial charge in [0.1, 0.15) is 0 Å². The van der Waals surface area contributed by atoms with E-state index in [0.29, 0.717) is 29.3 Å². The molecular weight excluding hydrogens is 316 g/mol. The van der Waals surface area contributed by atoms with Crippen molar-refractivity contribution in [3.63, 3.8) is 0 Å². The third-order valence-corrected chi connectivity index (χ3v) is 6.23. The molecule has 0 bridgehead atoms. The van der Waals surface area contributed by atoms with Crippen molar-refractivity contribution < 1.29 is 13.2 Å². The molecule has 1 heterocycles. The van der Waals surface area contributed by atoms with Crippen molar-refractivity contribution in [1.82, 2.24) is 0 Å². The lowest BCUT2D eigenvalue weighted by molar-refractivity contribution is 0.107. The molecule has 0 aromatic heterocycles. The predicted octanol–water partition coefficient (Wildman–Crippen LogP) is 2.89. The fourth-order valence-electron chi connectivity index (χ4n) is 2.29. The van der Waals surface area contributed by atoms with Gasteiger partial charge in [-0.15, -0.1) is 0 Å². The van der Waals surface area contributed by atoms with Gasteiger partial charge < -0.3 is 4.74 Å². The molecule has 0 aromatic rings. The molecule has 108 valence electrons. The van der Waals surface area contributed by atoms with Crippen LogP contribution in [0.4, 0.5) is 0 Å². The van der Waals surface area contributed by atoms with Gasteiger partial charge in [-0.25, -0.2) is 8.42 Å². The first-order valence-electron chi connectivity index (χ1n) is 6.78. The van der Waals surface area contributed by atoms with E-state index >= 15 is 0 Å². The molecule has 2 unspecified atom stereocenters. The van der Waals surface area contributed by atoms with E-state index in [4.69, 9.17) is 4.74 Å². The summed E-state index contributed by atoms with van der Waals surface area (Å²) in [6, 6.07) is 0. The molecule has 0 N–H and O–H groups in total. The van der Waals surface area contributed by atoms with Crippen molar-refractivity contribution in [3.05, 3.63) is 0 Å². The van der Waals surface area contributed by atoms with Crippen LogP contribution in [0.15, 0.2) is 0 Å². The van der Waals surface area contributed by atoms with E-state index < -0.39 is 9.84 Å². The predicted molar refractivity (Wildman–Crippen MR) is 78.9 cm³/mol. The van der Waals surface area contributed by atoms with Gasteiger partial charge in [0.15, 0.2) is 9.84 Å². The summed E-state index contributed by atoms with van der Waals surface area (Å²) >= 11 is 3.51. The van der Waals surface area contributed by atoms with E-state index in [2.05, 4.69) is 29.8 Å². The molecule has 1 aliphatic heterocycles. The van der Waals surface area contributed by atoms with Crippen LogP contribution in [0, 0.1) is 17.8 Å². The van der Waals surface area contributed by atoms with E-state index in [1.165, 1.54) is 0 Å². The summed E-state index contributed by atoms with van der Waals surface area (Å²) in [5.41, 5.74) is 0. The summed E-state index contributed by atoms with van der Waals surface area (Å²) in [6.45, 7) is 5.94. The Morgan fingerprint density at radius 2 is 1.94 bits per heavy atom. The molecule has 0 aromatic carbocycles. The summed E-state index contributed by atoms with van der Waals surface area (Å²) in [4.78, 5) is 0. The van der Waals surface area contributed by atoms with Gasteiger partial charge in [0, 0.05) is 18.5 Å². The maximum absolute atomic E-state index is 11.5. The van der Waals surface area contributed by atoms with Gasteiger partial charge in [-0.2, -0.15) is 0 Å². The van der Waals surface area contributed by atoms with Crippen molar-refractivity contribution in [2.24, 2.45) is 17.8 Å². The van der Waals surface area contributed by atoms with Crippen LogP contribution in [0.1, 0.15) is 33.1 Å². The molecule has 0 aliphatic carbocycles. The second kappa shape index (κ2) is 7.85. The number of alkyl halides is 1. The highest BCUT2D eigenvalue weighted by atomic mass is 79.9. The SMILES string of the molecule is CC(C)CCOCCC(CBr)C1CCS(=O)(=O)C1. The molecule has 18 heavy (non-hydrogen) atoms. The molecule has 0 radical (unpaired) electrons. The summed E-state index contributed by atoms with van der Waals surface area (Å²) in [7, 11) is -2.76. The lowest BCUT2D eigenvalue weighted by Gasteiger charge is -2.20. The highest BCUT2D eigenvalue weighted by Gasteiger charge is 2.32. The fourth-order valence-corrected chi connectivity index (χ4v) is 5.06. The first-order valence-corrected chi connectivity index (χ1v) is 9.73. The van der Waals surface area contributed by atoms with E-state index in [0.717, 1.165) is 37.8 Å². The van der Waals surface area contributed by atoms with Crippen LogP contribution in [0.5, 0.6) is 0 Å². The van der Waals surface area contributed by atoms with Crippen LogP contribution >= 0.6 is 15.9 Å². The van der Waals surface area contributed by atoms with Crippen molar-refractivity contribution in [2.45, 2.75) is 33.1 Å².